The SMILES string of the molecule is CCC(C)=O.c1cnsc1. The van der Waals surface area contributed by atoms with Crippen molar-refractivity contribution in [1.29, 1.82) is 0 Å². The van der Waals surface area contributed by atoms with E-state index in [-0.39, 0.29) is 5.78 Å². The molecular weight excluding hydrogens is 146 g/mol. The highest BCUT2D eigenvalue weighted by Gasteiger charge is 1.76. The fraction of sp³-hybridized carbons (Fsp3) is 0.429. The molecule has 1 heterocycles. The van der Waals surface area contributed by atoms with Crippen molar-refractivity contribution in [3.63, 3.8) is 0 Å². The predicted molar refractivity (Wildman–Crippen MR) is 43.1 cm³/mol. The highest BCUT2D eigenvalue weighted by molar-refractivity contribution is 7.03. The van der Waals surface area contributed by atoms with Crippen LogP contribution in [-0.4, -0.2) is 10.2 Å². The average molecular weight is 157 g/mol. The third-order valence-electron chi connectivity index (χ3n) is 0.845. The van der Waals surface area contributed by atoms with Gasteiger partial charge in [-0.05, 0) is 24.5 Å². The van der Waals surface area contributed by atoms with Crippen molar-refractivity contribution in [3.05, 3.63) is 17.6 Å². The van der Waals surface area contributed by atoms with E-state index in [1.54, 1.807) is 13.1 Å². The summed E-state index contributed by atoms with van der Waals surface area (Å²) in [7, 11) is 0. The van der Waals surface area contributed by atoms with Gasteiger partial charge >= 0.3 is 0 Å². The highest BCUT2D eigenvalue weighted by atomic mass is 32.1. The topological polar surface area (TPSA) is 30.0 Å². The molecule has 0 aliphatic carbocycles. The van der Waals surface area contributed by atoms with Gasteiger partial charge in [0.2, 0.25) is 0 Å². The Morgan fingerprint density at radius 2 is 2.30 bits per heavy atom. The molecule has 2 nitrogen and oxygen atoms in total. The lowest BCUT2D eigenvalue weighted by Crippen LogP contribution is -1.80. The van der Waals surface area contributed by atoms with Crippen LogP contribution in [0.2, 0.25) is 0 Å². The van der Waals surface area contributed by atoms with E-state index in [9.17, 15) is 4.79 Å². The Balaban J connectivity index is 0.000000162. The van der Waals surface area contributed by atoms with Gasteiger partial charge in [-0.1, -0.05) is 6.92 Å². The summed E-state index contributed by atoms with van der Waals surface area (Å²) in [6.07, 6.45) is 2.44. The van der Waals surface area contributed by atoms with Gasteiger partial charge in [0.25, 0.3) is 0 Å². The molecule has 0 aliphatic heterocycles. The van der Waals surface area contributed by atoms with Crippen LogP contribution in [0.25, 0.3) is 0 Å². The second kappa shape index (κ2) is 6.42. The predicted octanol–water partition coefficient (Wildman–Crippen LogP) is 2.13. The molecule has 1 rings (SSSR count). The molecule has 0 saturated carbocycles. The first-order valence-corrected chi connectivity index (χ1v) is 3.94. The molecule has 0 atom stereocenters. The van der Waals surface area contributed by atoms with Crippen LogP contribution in [0.3, 0.4) is 0 Å². The van der Waals surface area contributed by atoms with Gasteiger partial charge < -0.3 is 4.79 Å². The van der Waals surface area contributed by atoms with Crippen molar-refractivity contribution in [3.8, 4) is 0 Å². The number of rotatable bonds is 1. The van der Waals surface area contributed by atoms with Crippen LogP contribution in [0.15, 0.2) is 17.6 Å². The van der Waals surface area contributed by atoms with Crippen molar-refractivity contribution in [2.45, 2.75) is 20.3 Å². The molecule has 0 bridgehead atoms. The summed E-state index contributed by atoms with van der Waals surface area (Å²) < 4.78 is 3.76. The van der Waals surface area contributed by atoms with Crippen molar-refractivity contribution < 1.29 is 4.79 Å². The zero-order valence-electron chi connectivity index (χ0n) is 6.20. The van der Waals surface area contributed by atoms with E-state index in [1.165, 1.54) is 11.5 Å². The molecule has 0 aliphatic rings. The third-order valence-corrected chi connectivity index (χ3v) is 1.37. The molecule has 3 heteroatoms. The van der Waals surface area contributed by atoms with Crippen molar-refractivity contribution in [2.75, 3.05) is 0 Å². The molecule has 10 heavy (non-hydrogen) atoms. The summed E-state index contributed by atoms with van der Waals surface area (Å²) >= 11 is 1.46. The zero-order chi connectivity index (χ0) is 7.82. The van der Waals surface area contributed by atoms with Crippen LogP contribution >= 0.6 is 11.5 Å². The normalized spacial score (nSPS) is 7.80. The van der Waals surface area contributed by atoms with Crippen LogP contribution in [0.5, 0.6) is 0 Å². The van der Waals surface area contributed by atoms with Crippen LogP contribution in [0.4, 0.5) is 0 Å². The molecule has 1 aromatic rings. The van der Waals surface area contributed by atoms with Gasteiger partial charge in [-0.15, -0.1) is 0 Å². The lowest BCUT2D eigenvalue weighted by molar-refractivity contribution is -0.116. The number of hydrogen-bond acceptors (Lipinski definition) is 3. The van der Waals surface area contributed by atoms with Gasteiger partial charge in [0.05, 0.1) is 0 Å². The Hall–Kier alpha value is -0.700. The van der Waals surface area contributed by atoms with Gasteiger partial charge in [0.15, 0.2) is 0 Å². The van der Waals surface area contributed by atoms with E-state index < -0.39 is 0 Å². The maximum atomic E-state index is 9.81. The first-order valence-electron chi connectivity index (χ1n) is 3.11. The summed E-state index contributed by atoms with van der Waals surface area (Å²) in [4.78, 5) is 9.81. The largest absolute Gasteiger partial charge is 0.300 e. The summed E-state index contributed by atoms with van der Waals surface area (Å²) in [5.41, 5.74) is 0. The Kier molecular flexibility index (Phi) is 5.97. The number of aromatic nitrogens is 1. The molecule has 0 amide bonds. The number of Topliss-reactive ketones (excluding diaryl/α,β-unsaturated/α-hetero) is 1. The molecule has 0 saturated heterocycles. The molecule has 56 valence electrons. The lowest BCUT2D eigenvalue weighted by atomic mass is 10.4. The molecule has 0 fully saturated rings. The quantitative estimate of drug-likeness (QED) is 0.625. The Bertz CT molecular complexity index is 143. The summed E-state index contributed by atoms with van der Waals surface area (Å²) in [6.45, 7) is 3.43. The first kappa shape index (κ1) is 9.30. The average Bonchev–Trinajstić information content (AvgIpc) is 2.43. The highest BCUT2D eigenvalue weighted by Crippen LogP contribution is 1.83. The van der Waals surface area contributed by atoms with Crippen molar-refractivity contribution in [2.24, 2.45) is 0 Å². The number of carbonyl (C=O) groups is 1. The number of ketones is 1. The van der Waals surface area contributed by atoms with Crippen LogP contribution in [0.1, 0.15) is 20.3 Å². The molecule has 0 N–H and O–H groups in total. The molecule has 1 aromatic heterocycles. The minimum Gasteiger partial charge on any atom is -0.300 e. The Morgan fingerprint density at radius 3 is 2.40 bits per heavy atom. The lowest BCUT2D eigenvalue weighted by Gasteiger charge is -1.71. The smallest absolute Gasteiger partial charge is 0.129 e. The van der Waals surface area contributed by atoms with E-state index in [4.69, 9.17) is 0 Å². The van der Waals surface area contributed by atoms with Crippen molar-refractivity contribution >= 4 is 17.3 Å². The van der Waals surface area contributed by atoms with Crippen LogP contribution in [-0.2, 0) is 4.79 Å². The zero-order valence-corrected chi connectivity index (χ0v) is 7.02. The van der Waals surface area contributed by atoms with Crippen LogP contribution in [0, 0.1) is 0 Å². The van der Waals surface area contributed by atoms with E-state index in [0.717, 1.165) is 0 Å². The minimum absolute atomic E-state index is 0.255. The maximum absolute atomic E-state index is 9.81. The fourth-order valence-electron chi connectivity index (χ4n) is 0.176. The molecule has 0 spiro atoms. The molecular formula is C7H11NOS. The fourth-order valence-corrected chi connectivity index (χ4v) is 0.527. The van der Waals surface area contributed by atoms with E-state index in [0.29, 0.717) is 6.42 Å². The third kappa shape index (κ3) is 7.30. The second-order valence-electron chi connectivity index (χ2n) is 1.74. The molecule has 0 radical (unpaired) electrons. The maximum Gasteiger partial charge on any atom is 0.129 e. The van der Waals surface area contributed by atoms with Gasteiger partial charge in [-0.2, -0.15) is 0 Å². The van der Waals surface area contributed by atoms with E-state index >= 15 is 0 Å². The second-order valence-corrected chi connectivity index (χ2v) is 2.44. The van der Waals surface area contributed by atoms with Crippen molar-refractivity contribution in [1.82, 2.24) is 4.37 Å². The van der Waals surface area contributed by atoms with E-state index in [1.807, 2.05) is 18.4 Å². The van der Waals surface area contributed by atoms with E-state index in [2.05, 4.69) is 4.37 Å². The standard InChI is InChI=1S/C4H8O.C3H3NS/c1-3-4(2)5;1-2-4-5-3-1/h3H2,1-2H3;1-3H. The summed E-state index contributed by atoms with van der Waals surface area (Å²) in [5.74, 6) is 0.255. The minimum atomic E-state index is 0.255. The molecule has 0 unspecified atom stereocenters. The van der Waals surface area contributed by atoms with Crippen LogP contribution < -0.4 is 0 Å². The Morgan fingerprint density at radius 1 is 1.70 bits per heavy atom. The number of carbonyl (C=O) groups excluding carboxylic acids is 1. The molecule has 0 aromatic carbocycles. The van der Waals surface area contributed by atoms with Gasteiger partial charge in [0, 0.05) is 18.0 Å². The van der Waals surface area contributed by atoms with Gasteiger partial charge in [-0.25, -0.2) is 4.37 Å². The summed E-state index contributed by atoms with van der Waals surface area (Å²) in [5, 5.41) is 1.93. The Labute approximate surface area is 65.1 Å². The van der Waals surface area contributed by atoms with Gasteiger partial charge in [0.1, 0.15) is 5.78 Å². The first-order chi connectivity index (χ1) is 4.77. The summed E-state index contributed by atoms with van der Waals surface area (Å²) in [6, 6.07) is 1.91. The number of nitrogens with zero attached hydrogens (tertiary/aromatic N) is 1. The number of hydrogen-bond donors (Lipinski definition) is 0. The van der Waals surface area contributed by atoms with Gasteiger partial charge in [-0.3, -0.25) is 0 Å². The monoisotopic (exact) mass is 157 g/mol.